The topological polar surface area (TPSA) is 174 Å². The Labute approximate surface area is 197 Å². The Bertz CT molecular complexity index is 1180. The number of primary amides is 1. The summed E-state index contributed by atoms with van der Waals surface area (Å²) in [6, 6.07) is 16.4. The van der Waals surface area contributed by atoms with Crippen molar-refractivity contribution in [1.82, 2.24) is 4.98 Å². The lowest BCUT2D eigenvalue weighted by Gasteiger charge is -2.36. The first-order valence-corrected chi connectivity index (χ1v) is 11.0. The molecule has 0 aliphatic carbocycles. The molecule has 3 aromatic rings. The van der Waals surface area contributed by atoms with Gasteiger partial charge in [0.05, 0.1) is 17.1 Å². The van der Waals surface area contributed by atoms with Crippen LogP contribution in [0.2, 0.25) is 0 Å². The highest BCUT2D eigenvalue weighted by molar-refractivity contribution is 6.03. The van der Waals surface area contributed by atoms with E-state index in [0.29, 0.717) is 23.7 Å². The molecule has 9 nitrogen and oxygen atoms in total. The van der Waals surface area contributed by atoms with Gasteiger partial charge in [-0.15, -0.1) is 0 Å². The smallest absolute Gasteiger partial charge is 0.331 e. The number of nitrogens with two attached hydrogens (primary N) is 3. The molecule has 9 heteroatoms. The maximum Gasteiger partial charge on any atom is 0.331 e. The molecule has 2 aromatic carbocycles. The van der Waals surface area contributed by atoms with Crippen LogP contribution < -0.4 is 22.5 Å². The zero-order valence-corrected chi connectivity index (χ0v) is 18.7. The van der Waals surface area contributed by atoms with E-state index in [0.717, 1.165) is 5.56 Å². The van der Waals surface area contributed by atoms with E-state index in [1.54, 1.807) is 30.3 Å². The minimum absolute atomic E-state index is 0.00523. The number of carboxylic acids is 1. The van der Waals surface area contributed by atoms with E-state index in [-0.39, 0.29) is 30.8 Å². The molecule has 0 radical (unpaired) electrons. The lowest BCUT2D eigenvalue weighted by molar-refractivity contribution is -0.145. The average molecular weight is 464 g/mol. The van der Waals surface area contributed by atoms with Crippen molar-refractivity contribution >= 4 is 34.4 Å². The summed E-state index contributed by atoms with van der Waals surface area (Å²) >= 11 is 0. The summed E-state index contributed by atoms with van der Waals surface area (Å²) in [6.45, 7) is 0.272. The van der Waals surface area contributed by atoms with Crippen molar-refractivity contribution < 1.29 is 19.5 Å². The predicted octanol–water partition coefficient (Wildman–Crippen LogP) is 1.84. The summed E-state index contributed by atoms with van der Waals surface area (Å²) in [5, 5.41) is 13.9. The Kier molecular flexibility index (Phi) is 7.93. The number of para-hydroxylation sites is 1. The summed E-state index contributed by atoms with van der Waals surface area (Å²) in [6.07, 6.45) is 0.696. The quantitative estimate of drug-likeness (QED) is 0.270. The summed E-state index contributed by atoms with van der Waals surface area (Å²) in [4.78, 5) is 42.3. The highest BCUT2D eigenvalue weighted by Crippen LogP contribution is 2.29. The number of ketones is 1. The maximum absolute atomic E-state index is 12.9. The molecule has 34 heavy (non-hydrogen) atoms. The van der Waals surface area contributed by atoms with Crippen molar-refractivity contribution in [2.24, 2.45) is 17.2 Å². The van der Waals surface area contributed by atoms with Gasteiger partial charge in [-0.1, -0.05) is 48.5 Å². The van der Waals surface area contributed by atoms with Gasteiger partial charge in [0.2, 0.25) is 0 Å². The maximum atomic E-state index is 12.9. The van der Waals surface area contributed by atoms with E-state index in [2.05, 4.69) is 10.3 Å². The SMILES string of the molecule is NCCCC(=O)C(N)C(CCc1ccccc1)(Nc1nc2ccccc2cc1C(N)=O)C(=O)O. The first-order valence-electron chi connectivity index (χ1n) is 11.0. The van der Waals surface area contributed by atoms with E-state index in [1.807, 2.05) is 30.3 Å². The molecule has 8 N–H and O–H groups in total. The van der Waals surface area contributed by atoms with Gasteiger partial charge in [-0.2, -0.15) is 0 Å². The molecule has 178 valence electrons. The number of carbonyl (C=O) groups is 3. The highest BCUT2D eigenvalue weighted by Gasteiger charge is 2.48. The van der Waals surface area contributed by atoms with E-state index in [9.17, 15) is 19.5 Å². The van der Waals surface area contributed by atoms with Crippen LogP contribution >= 0.6 is 0 Å². The molecule has 2 atom stereocenters. The molecule has 0 bridgehead atoms. The van der Waals surface area contributed by atoms with Gasteiger partial charge in [0.15, 0.2) is 11.3 Å². The number of aryl methyl sites for hydroxylation is 1. The van der Waals surface area contributed by atoms with Crippen LogP contribution in [-0.4, -0.2) is 45.9 Å². The number of hydrogen-bond donors (Lipinski definition) is 5. The summed E-state index contributed by atoms with van der Waals surface area (Å²) < 4.78 is 0. The first-order chi connectivity index (χ1) is 16.3. The van der Waals surface area contributed by atoms with Crippen LogP contribution in [-0.2, 0) is 16.0 Å². The zero-order chi connectivity index (χ0) is 24.7. The van der Waals surface area contributed by atoms with Crippen LogP contribution in [0.5, 0.6) is 0 Å². The van der Waals surface area contributed by atoms with Crippen LogP contribution in [0.15, 0.2) is 60.7 Å². The Morgan fingerprint density at radius 3 is 2.38 bits per heavy atom. The van der Waals surface area contributed by atoms with Crippen molar-refractivity contribution in [2.45, 2.75) is 37.3 Å². The molecular weight excluding hydrogens is 434 g/mol. The first kappa shape index (κ1) is 24.8. The van der Waals surface area contributed by atoms with Gasteiger partial charge in [0, 0.05) is 11.8 Å². The third kappa shape index (κ3) is 5.38. The minimum Gasteiger partial charge on any atom is -0.479 e. The molecule has 0 fully saturated rings. The minimum atomic E-state index is -1.94. The summed E-state index contributed by atoms with van der Waals surface area (Å²) in [5.41, 5.74) is 16.9. The van der Waals surface area contributed by atoms with E-state index < -0.39 is 29.2 Å². The van der Waals surface area contributed by atoms with Gasteiger partial charge in [-0.3, -0.25) is 9.59 Å². The number of fused-ring (bicyclic) bond motifs is 1. The van der Waals surface area contributed by atoms with Crippen LogP contribution in [0, 0.1) is 0 Å². The van der Waals surface area contributed by atoms with Gasteiger partial charge < -0.3 is 27.6 Å². The van der Waals surface area contributed by atoms with E-state index in [1.165, 1.54) is 0 Å². The number of amides is 1. The number of nitrogens with one attached hydrogen (secondary N) is 1. The van der Waals surface area contributed by atoms with Crippen LogP contribution in [0.1, 0.15) is 35.2 Å². The number of nitrogens with zero attached hydrogens (tertiary/aromatic N) is 1. The second kappa shape index (κ2) is 10.9. The second-order valence-corrected chi connectivity index (χ2v) is 8.16. The number of pyridine rings is 1. The monoisotopic (exact) mass is 463 g/mol. The van der Waals surface area contributed by atoms with Crippen molar-refractivity contribution in [3.05, 3.63) is 71.8 Å². The number of rotatable bonds is 12. The summed E-state index contributed by atoms with van der Waals surface area (Å²) in [7, 11) is 0. The number of carbonyl (C=O) groups excluding carboxylic acids is 2. The standard InChI is InChI=1S/C25H29N5O4/c26-14-6-11-20(31)21(27)25(24(33)34,13-12-16-7-2-1-3-8-16)30-23-18(22(28)32)15-17-9-4-5-10-19(17)29-23/h1-5,7-10,15,21H,6,11-14,26-27H2,(H2,28,32)(H,29,30)(H,33,34). The highest BCUT2D eigenvalue weighted by atomic mass is 16.4. The lowest BCUT2D eigenvalue weighted by Crippen LogP contribution is -2.63. The van der Waals surface area contributed by atoms with E-state index >= 15 is 0 Å². The molecule has 1 aromatic heterocycles. The molecular formula is C25H29N5O4. The molecule has 0 spiro atoms. The molecule has 0 aliphatic heterocycles. The molecule has 1 heterocycles. The second-order valence-electron chi connectivity index (χ2n) is 8.16. The normalized spacial score (nSPS) is 13.7. The molecule has 3 rings (SSSR count). The Morgan fingerprint density at radius 2 is 1.74 bits per heavy atom. The largest absolute Gasteiger partial charge is 0.479 e. The van der Waals surface area contributed by atoms with Gasteiger partial charge >= 0.3 is 5.97 Å². The number of aliphatic carboxylic acids is 1. The predicted molar refractivity (Wildman–Crippen MR) is 130 cm³/mol. The molecule has 0 saturated heterocycles. The number of Topliss-reactive ketones (excluding diaryl/α,β-unsaturated/α-hetero) is 1. The number of carboxylic acid groups (broad SMARTS) is 1. The van der Waals surface area contributed by atoms with Crippen LogP contribution in [0.25, 0.3) is 10.9 Å². The molecule has 0 aliphatic rings. The molecule has 2 unspecified atom stereocenters. The van der Waals surface area contributed by atoms with Gasteiger partial charge in [0.1, 0.15) is 5.82 Å². The van der Waals surface area contributed by atoms with Crippen LogP contribution in [0.4, 0.5) is 5.82 Å². The average Bonchev–Trinajstić information content (AvgIpc) is 2.84. The fraction of sp³-hybridized carbons (Fsp3) is 0.280. The number of hydrogen-bond acceptors (Lipinski definition) is 7. The Hall–Kier alpha value is -3.82. The Morgan fingerprint density at radius 1 is 1.06 bits per heavy atom. The number of benzene rings is 2. The van der Waals surface area contributed by atoms with Gasteiger partial charge in [0.25, 0.3) is 5.91 Å². The van der Waals surface area contributed by atoms with Crippen LogP contribution in [0.3, 0.4) is 0 Å². The van der Waals surface area contributed by atoms with Crippen molar-refractivity contribution in [2.75, 3.05) is 11.9 Å². The van der Waals surface area contributed by atoms with Crippen molar-refractivity contribution in [3.8, 4) is 0 Å². The third-order valence-electron chi connectivity index (χ3n) is 5.87. The van der Waals surface area contributed by atoms with Gasteiger partial charge in [-0.25, -0.2) is 9.78 Å². The van der Waals surface area contributed by atoms with E-state index in [4.69, 9.17) is 17.2 Å². The van der Waals surface area contributed by atoms with Crippen molar-refractivity contribution in [1.29, 1.82) is 0 Å². The molecule has 1 amide bonds. The third-order valence-corrected chi connectivity index (χ3v) is 5.87. The van der Waals surface area contributed by atoms with Gasteiger partial charge in [-0.05, 0) is 43.5 Å². The van der Waals surface area contributed by atoms with Crippen molar-refractivity contribution in [3.63, 3.8) is 0 Å². The fourth-order valence-corrected chi connectivity index (χ4v) is 3.89. The fourth-order valence-electron chi connectivity index (χ4n) is 3.89. The summed E-state index contributed by atoms with van der Waals surface area (Å²) in [5.74, 6) is -2.60. The lowest BCUT2D eigenvalue weighted by atomic mass is 9.81. The Balaban J connectivity index is 2.10. The molecule has 0 saturated carbocycles. The zero-order valence-electron chi connectivity index (χ0n) is 18.7. The number of aromatic nitrogens is 1. The number of anilines is 1.